The molecule has 2 aliphatic rings. The summed E-state index contributed by atoms with van der Waals surface area (Å²) in [5, 5.41) is 3.61. The first-order chi connectivity index (χ1) is 6.88. The second kappa shape index (κ2) is 4.82. The van der Waals surface area contributed by atoms with Crippen LogP contribution in [0.25, 0.3) is 0 Å². The van der Waals surface area contributed by atoms with E-state index in [9.17, 15) is 0 Å². The standard InChI is InChI=1S/C12H19NO/c1-2-3-4-7-14-12-8-10-5-6-11(9-12)13-10/h10-13H,4-9H2,1H3. The van der Waals surface area contributed by atoms with Crippen molar-refractivity contribution < 1.29 is 4.74 Å². The first-order valence-corrected chi connectivity index (χ1v) is 5.65. The molecule has 2 heterocycles. The van der Waals surface area contributed by atoms with Crippen LogP contribution in [0.2, 0.25) is 0 Å². The molecule has 0 aromatic rings. The molecule has 0 amide bonds. The molecule has 0 aliphatic carbocycles. The molecule has 0 aromatic heterocycles. The van der Waals surface area contributed by atoms with Gasteiger partial charge in [0.1, 0.15) is 0 Å². The van der Waals surface area contributed by atoms with Crippen molar-refractivity contribution in [2.75, 3.05) is 6.61 Å². The van der Waals surface area contributed by atoms with E-state index in [1.54, 1.807) is 0 Å². The van der Waals surface area contributed by atoms with Gasteiger partial charge in [0.15, 0.2) is 0 Å². The molecule has 78 valence electrons. The normalized spacial score (nSPS) is 35.1. The van der Waals surface area contributed by atoms with Crippen LogP contribution < -0.4 is 5.32 Å². The van der Waals surface area contributed by atoms with Gasteiger partial charge in [0.25, 0.3) is 0 Å². The zero-order valence-electron chi connectivity index (χ0n) is 8.88. The van der Waals surface area contributed by atoms with Crippen molar-refractivity contribution in [2.24, 2.45) is 0 Å². The summed E-state index contributed by atoms with van der Waals surface area (Å²) in [6.07, 6.45) is 6.48. The van der Waals surface area contributed by atoms with Crippen molar-refractivity contribution in [1.82, 2.24) is 5.32 Å². The molecule has 2 saturated heterocycles. The van der Waals surface area contributed by atoms with Crippen LogP contribution in [0.5, 0.6) is 0 Å². The molecule has 0 radical (unpaired) electrons. The van der Waals surface area contributed by atoms with Gasteiger partial charge in [-0.15, -0.1) is 11.8 Å². The van der Waals surface area contributed by atoms with Gasteiger partial charge in [-0.25, -0.2) is 0 Å². The molecule has 1 N–H and O–H groups in total. The summed E-state index contributed by atoms with van der Waals surface area (Å²) in [5.41, 5.74) is 0. The van der Waals surface area contributed by atoms with E-state index in [0.717, 1.165) is 25.1 Å². The maximum atomic E-state index is 5.82. The molecular weight excluding hydrogens is 174 g/mol. The molecule has 2 nitrogen and oxygen atoms in total. The number of piperidine rings is 1. The number of nitrogens with one attached hydrogen (secondary N) is 1. The zero-order valence-corrected chi connectivity index (χ0v) is 8.88. The van der Waals surface area contributed by atoms with Crippen LogP contribution in [0.15, 0.2) is 0 Å². The minimum atomic E-state index is 0.493. The maximum absolute atomic E-state index is 5.82. The van der Waals surface area contributed by atoms with Gasteiger partial charge in [0.2, 0.25) is 0 Å². The van der Waals surface area contributed by atoms with E-state index >= 15 is 0 Å². The van der Waals surface area contributed by atoms with E-state index in [-0.39, 0.29) is 0 Å². The minimum Gasteiger partial charge on any atom is -0.377 e. The molecule has 2 unspecified atom stereocenters. The van der Waals surface area contributed by atoms with Crippen molar-refractivity contribution in [3.63, 3.8) is 0 Å². The Morgan fingerprint density at radius 2 is 2.00 bits per heavy atom. The summed E-state index contributed by atoms with van der Waals surface area (Å²) in [7, 11) is 0. The SMILES string of the molecule is CC#CCCOC1CC2CCC(C1)N2. The van der Waals surface area contributed by atoms with Gasteiger partial charge in [-0.1, -0.05) is 0 Å². The molecular formula is C12H19NO. The highest BCUT2D eigenvalue weighted by atomic mass is 16.5. The van der Waals surface area contributed by atoms with Crippen molar-refractivity contribution in [2.45, 2.75) is 57.2 Å². The van der Waals surface area contributed by atoms with Crippen LogP contribution in [0.1, 0.15) is 39.0 Å². The quantitative estimate of drug-likeness (QED) is 0.544. The van der Waals surface area contributed by atoms with E-state index in [1.807, 2.05) is 6.92 Å². The van der Waals surface area contributed by atoms with Gasteiger partial charge in [-0.2, -0.15) is 0 Å². The second-order valence-electron chi connectivity index (χ2n) is 4.28. The molecule has 2 rings (SSSR count). The van der Waals surface area contributed by atoms with E-state index in [2.05, 4.69) is 17.2 Å². The third-order valence-corrected chi connectivity index (χ3v) is 3.19. The average molecular weight is 193 g/mol. The van der Waals surface area contributed by atoms with Crippen LogP contribution in [-0.4, -0.2) is 24.8 Å². The molecule has 2 atom stereocenters. The Balaban J connectivity index is 1.68. The lowest BCUT2D eigenvalue weighted by molar-refractivity contribution is 0.0236. The van der Waals surface area contributed by atoms with Crippen LogP contribution in [0.3, 0.4) is 0 Å². The number of hydrogen-bond donors (Lipinski definition) is 1. The summed E-state index contributed by atoms with van der Waals surface area (Å²) in [4.78, 5) is 0. The summed E-state index contributed by atoms with van der Waals surface area (Å²) in [6.45, 7) is 2.69. The van der Waals surface area contributed by atoms with E-state index in [0.29, 0.717) is 6.10 Å². The predicted octanol–water partition coefficient (Wildman–Crippen LogP) is 1.70. The number of ether oxygens (including phenoxy) is 1. The summed E-state index contributed by atoms with van der Waals surface area (Å²) in [5.74, 6) is 5.93. The molecule has 0 saturated carbocycles. The van der Waals surface area contributed by atoms with E-state index < -0.39 is 0 Å². The minimum absolute atomic E-state index is 0.493. The summed E-state index contributed by atoms with van der Waals surface area (Å²) >= 11 is 0. The maximum Gasteiger partial charge on any atom is 0.0605 e. The lowest BCUT2D eigenvalue weighted by atomic mass is 10.0. The van der Waals surface area contributed by atoms with E-state index in [4.69, 9.17) is 4.74 Å². The van der Waals surface area contributed by atoms with Gasteiger partial charge < -0.3 is 10.1 Å². The van der Waals surface area contributed by atoms with Crippen LogP contribution in [0.4, 0.5) is 0 Å². The third-order valence-electron chi connectivity index (χ3n) is 3.19. The smallest absolute Gasteiger partial charge is 0.0605 e. The summed E-state index contributed by atoms with van der Waals surface area (Å²) < 4.78 is 5.82. The van der Waals surface area contributed by atoms with Crippen LogP contribution >= 0.6 is 0 Å². The second-order valence-corrected chi connectivity index (χ2v) is 4.28. The monoisotopic (exact) mass is 193 g/mol. The zero-order chi connectivity index (χ0) is 9.80. The highest BCUT2D eigenvalue weighted by Crippen LogP contribution is 2.28. The average Bonchev–Trinajstić information content (AvgIpc) is 2.53. The van der Waals surface area contributed by atoms with Gasteiger partial charge in [0.05, 0.1) is 12.7 Å². The molecule has 14 heavy (non-hydrogen) atoms. The predicted molar refractivity (Wildman–Crippen MR) is 57.0 cm³/mol. The van der Waals surface area contributed by atoms with Crippen molar-refractivity contribution in [3.8, 4) is 11.8 Å². The highest BCUT2D eigenvalue weighted by Gasteiger charge is 2.33. The van der Waals surface area contributed by atoms with Gasteiger partial charge in [0, 0.05) is 18.5 Å². The fourth-order valence-corrected chi connectivity index (χ4v) is 2.54. The van der Waals surface area contributed by atoms with Crippen molar-refractivity contribution in [3.05, 3.63) is 0 Å². The van der Waals surface area contributed by atoms with Crippen LogP contribution in [-0.2, 0) is 4.74 Å². The fraction of sp³-hybridized carbons (Fsp3) is 0.833. The Hall–Kier alpha value is -0.520. The number of hydrogen-bond acceptors (Lipinski definition) is 2. The van der Waals surface area contributed by atoms with Gasteiger partial charge in [-0.05, 0) is 32.6 Å². The van der Waals surface area contributed by atoms with Crippen LogP contribution in [0, 0.1) is 11.8 Å². The molecule has 2 heteroatoms. The van der Waals surface area contributed by atoms with Gasteiger partial charge >= 0.3 is 0 Å². The topological polar surface area (TPSA) is 21.3 Å². The fourth-order valence-electron chi connectivity index (χ4n) is 2.54. The molecule has 2 fully saturated rings. The number of rotatable bonds is 3. The Morgan fingerprint density at radius 3 is 2.64 bits per heavy atom. The van der Waals surface area contributed by atoms with Crippen molar-refractivity contribution >= 4 is 0 Å². The lowest BCUT2D eigenvalue weighted by Crippen LogP contribution is -2.41. The third kappa shape index (κ3) is 2.50. The van der Waals surface area contributed by atoms with Crippen molar-refractivity contribution in [1.29, 1.82) is 0 Å². The Labute approximate surface area is 86.4 Å². The lowest BCUT2D eigenvalue weighted by Gasteiger charge is -2.28. The van der Waals surface area contributed by atoms with E-state index in [1.165, 1.54) is 25.7 Å². The summed E-state index contributed by atoms with van der Waals surface area (Å²) in [6, 6.07) is 1.46. The largest absolute Gasteiger partial charge is 0.377 e. The first kappa shape index (κ1) is 10.0. The highest BCUT2D eigenvalue weighted by molar-refractivity contribution is 4.95. The number of fused-ring (bicyclic) bond motifs is 2. The first-order valence-electron chi connectivity index (χ1n) is 5.65. The Kier molecular flexibility index (Phi) is 3.44. The van der Waals surface area contributed by atoms with Gasteiger partial charge in [-0.3, -0.25) is 0 Å². The molecule has 0 aromatic carbocycles. The Morgan fingerprint density at radius 1 is 1.29 bits per heavy atom. The Bertz CT molecular complexity index is 228. The molecule has 0 spiro atoms. The molecule has 2 bridgehead atoms. The molecule has 2 aliphatic heterocycles.